The summed E-state index contributed by atoms with van der Waals surface area (Å²) in [6.07, 6.45) is 4.94. The van der Waals surface area contributed by atoms with E-state index in [2.05, 4.69) is 43.7 Å². The van der Waals surface area contributed by atoms with Gasteiger partial charge in [-0.05, 0) is 36.2 Å². The summed E-state index contributed by atoms with van der Waals surface area (Å²) in [7, 11) is 0. The molecular formula is C28H23N5O2. The maximum Gasteiger partial charge on any atom is 0.339 e. The van der Waals surface area contributed by atoms with E-state index in [9.17, 15) is 4.79 Å². The molecule has 0 fully saturated rings. The molecule has 0 radical (unpaired) electrons. The lowest BCUT2D eigenvalue weighted by Gasteiger charge is -2.15. The van der Waals surface area contributed by atoms with Crippen molar-refractivity contribution in [1.29, 1.82) is 0 Å². The quantitative estimate of drug-likeness (QED) is 0.318. The predicted molar refractivity (Wildman–Crippen MR) is 136 cm³/mol. The lowest BCUT2D eigenvalue weighted by Crippen LogP contribution is -2.07. The van der Waals surface area contributed by atoms with Crippen LogP contribution in [0.1, 0.15) is 23.0 Å². The molecule has 3 heterocycles. The largest absolute Gasteiger partial charge is 0.462 e. The van der Waals surface area contributed by atoms with Crippen molar-refractivity contribution in [3.63, 3.8) is 0 Å². The van der Waals surface area contributed by atoms with Gasteiger partial charge in [0.1, 0.15) is 5.69 Å². The van der Waals surface area contributed by atoms with Gasteiger partial charge in [-0.2, -0.15) is 0 Å². The van der Waals surface area contributed by atoms with Gasteiger partial charge in [0.15, 0.2) is 5.82 Å². The van der Waals surface area contributed by atoms with Gasteiger partial charge in [0.2, 0.25) is 0 Å². The third-order valence-corrected chi connectivity index (χ3v) is 5.58. The Hall–Kier alpha value is -4.65. The lowest BCUT2D eigenvalue weighted by atomic mass is 9.96. The average Bonchev–Trinajstić information content (AvgIpc) is 2.92. The van der Waals surface area contributed by atoms with Crippen molar-refractivity contribution in [1.82, 2.24) is 20.2 Å². The first-order valence-corrected chi connectivity index (χ1v) is 11.4. The number of anilines is 1. The molecule has 0 saturated carbocycles. The van der Waals surface area contributed by atoms with E-state index in [1.165, 1.54) is 6.20 Å². The minimum atomic E-state index is -0.419. The van der Waals surface area contributed by atoms with Crippen molar-refractivity contribution in [2.45, 2.75) is 13.5 Å². The van der Waals surface area contributed by atoms with Crippen LogP contribution in [0.4, 0.5) is 5.82 Å². The third kappa shape index (κ3) is 4.70. The molecule has 2 aromatic carbocycles. The van der Waals surface area contributed by atoms with E-state index in [1.807, 2.05) is 48.5 Å². The van der Waals surface area contributed by atoms with Crippen LogP contribution in [0.2, 0.25) is 0 Å². The second-order valence-electron chi connectivity index (χ2n) is 7.85. The van der Waals surface area contributed by atoms with Gasteiger partial charge < -0.3 is 10.1 Å². The fourth-order valence-corrected chi connectivity index (χ4v) is 3.98. The van der Waals surface area contributed by atoms with Crippen molar-refractivity contribution in [2.75, 3.05) is 11.9 Å². The van der Waals surface area contributed by atoms with Gasteiger partial charge in [-0.1, -0.05) is 54.6 Å². The molecule has 1 N–H and O–H groups in total. The van der Waals surface area contributed by atoms with Crippen LogP contribution in [-0.2, 0) is 11.3 Å². The minimum absolute atomic E-state index is 0.295. The van der Waals surface area contributed by atoms with E-state index in [0.29, 0.717) is 35.8 Å². The van der Waals surface area contributed by atoms with E-state index in [4.69, 9.17) is 4.74 Å². The van der Waals surface area contributed by atoms with Gasteiger partial charge >= 0.3 is 5.97 Å². The van der Waals surface area contributed by atoms with Crippen LogP contribution >= 0.6 is 0 Å². The summed E-state index contributed by atoms with van der Waals surface area (Å²) in [5.41, 5.74) is 4.69. The molecule has 7 heteroatoms. The molecule has 5 rings (SSSR count). The van der Waals surface area contributed by atoms with Crippen molar-refractivity contribution in [2.24, 2.45) is 0 Å². The number of fused-ring (bicyclic) bond motifs is 1. The number of nitrogens with one attached hydrogen (secondary N) is 1. The Morgan fingerprint density at radius 3 is 2.57 bits per heavy atom. The Bertz CT molecular complexity index is 1470. The number of hydrogen-bond donors (Lipinski definition) is 1. The molecule has 3 aromatic heterocycles. The van der Waals surface area contributed by atoms with Gasteiger partial charge in [-0.25, -0.2) is 4.79 Å². The van der Waals surface area contributed by atoms with Gasteiger partial charge in [-0.15, -0.1) is 10.2 Å². The first-order valence-electron chi connectivity index (χ1n) is 11.4. The number of pyridine rings is 2. The fraction of sp³-hybridized carbons (Fsp3) is 0.107. The predicted octanol–water partition coefficient (Wildman–Crippen LogP) is 5.54. The molecule has 0 aliphatic rings. The Balaban J connectivity index is 1.66. The first kappa shape index (κ1) is 22.2. The number of carbonyl (C=O) groups is 1. The van der Waals surface area contributed by atoms with Crippen molar-refractivity contribution in [3.8, 4) is 22.4 Å². The fourth-order valence-electron chi connectivity index (χ4n) is 3.98. The standard InChI is InChI=1S/C28H23N5O2/c1-2-35-28(34)21-15-20(16-29-17-21)26-24-13-8-12-23(19-9-4-3-5-10-19)25(24)27(33-32-26)31-18-22-11-6-7-14-30-22/h3-17H,2,18H2,1H3,(H,31,33). The number of esters is 1. The van der Waals surface area contributed by atoms with E-state index in [-0.39, 0.29) is 0 Å². The van der Waals surface area contributed by atoms with Crippen LogP contribution in [-0.4, -0.2) is 32.7 Å². The zero-order valence-corrected chi connectivity index (χ0v) is 19.2. The molecule has 0 spiro atoms. The van der Waals surface area contributed by atoms with E-state index in [1.54, 1.807) is 25.4 Å². The molecule has 0 atom stereocenters. The molecule has 7 nitrogen and oxygen atoms in total. The van der Waals surface area contributed by atoms with E-state index >= 15 is 0 Å². The summed E-state index contributed by atoms with van der Waals surface area (Å²) in [6, 6.07) is 23.8. The molecule has 0 bridgehead atoms. The highest BCUT2D eigenvalue weighted by Gasteiger charge is 2.17. The summed E-state index contributed by atoms with van der Waals surface area (Å²) in [5.74, 6) is 0.237. The van der Waals surface area contributed by atoms with Gasteiger partial charge in [-0.3, -0.25) is 9.97 Å². The van der Waals surface area contributed by atoms with Gasteiger partial charge in [0.05, 0.1) is 24.4 Å². The molecular weight excluding hydrogens is 438 g/mol. The topological polar surface area (TPSA) is 89.9 Å². The Kier molecular flexibility index (Phi) is 6.39. The number of hydrogen-bond acceptors (Lipinski definition) is 7. The average molecular weight is 462 g/mol. The van der Waals surface area contributed by atoms with Crippen molar-refractivity contribution < 1.29 is 9.53 Å². The highest BCUT2D eigenvalue weighted by Crippen LogP contribution is 2.37. The van der Waals surface area contributed by atoms with Crippen LogP contribution in [0.15, 0.2) is 91.4 Å². The molecule has 0 aliphatic heterocycles. The van der Waals surface area contributed by atoms with E-state index < -0.39 is 5.97 Å². The van der Waals surface area contributed by atoms with Crippen LogP contribution in [0.5, 0.6) is 0 Å². The Morgan fingerprint density at radius 2 is 1.77 bits per heavy atom. The molecule has 35 heavy (non-hydrogen) atoms. The maximum atomic E-state index is 12.3. The summed E-state index contributed by atoms with van der Waals surface area (Å²) >= 11 is 0. The summed E-state index contributed by atoms with van der Waals surface area (Å²) in [6.45, 7) is 2.58. The Morgan fingerprint density at radius 1 is 0.914 bits per heavy atom. The zero-order chi connectivity index (χ0) is 24.0. The van der Waals surface area contributed by atoms with Crippen LogP contribution in [0.25, 0.3) is 33.2 Å². The number of rotatable bonds is 7. The van der Waals surface area contributed by atoms with Gasteiger partial charge in [0, 0.05) is 34.9 Å². The highest BCUT2D eigenvalue weighted by molar-refractivity contribution is 6.08. The normalized spacial score (nSPS) is 10.8. The molecule has 5 aromatic rings. The lowest BCUT2D eigenvalue weighted by molar-refractivity contribution is 0.0526. The monoisotopic (exact) mass is 461 g/mol. The van der Waals surface area contributed by atoms with E-state index in [0.717, 1.165) is 27.6 Å². The molecule has 0 saturated heterocycles. The summed E-state index contributed by atoms with van der Waals surface area (Å²) < 4.78 is 5.15. The van der Waals surface area contributed by atoms with Crippen LogP contribution in [0.3, 0.4) is 0 Å². The highest BCUT2D eigenvalue weighted by atomic mass is 16.5. The van der Waals surface area contributed by atoms with Gasteiger partial charge in [0.25, 0.3) is 0 Å². The molecule has 172 valence electrons. The second kappa shape index (κ2) is 10.1. The number of benzene rings is 2. The second-order valence-corrected chi connectivity index (χ2v) is 7.85. The Labute approximate surface area is 202 Å². The van der Waals surface area contributed by atoms with Crippen molar-refractivity contribution >= 4 is 22.6 Å². The zero-order valence-electron chi connectivity index (χ0n) is 19.2. The summed E-state index contributed by atoms with van der Waals surface area (Å²) in [5, 5.41) is 14.3. The smallest absolute Gasteiger partial charge is 0.339 e. The number of nitrogens with zero attached hydrogens (tertiary/aromatic N) is 4. The molecule has 0 amide bonds. The van der Waals surface area contributed by atoms with Crippen LogP contribution in [0, 0.1) is 0 Å². The maximum absolute atomic E-state index is 12.3. The minimum Gasteiger partial charge on any atom is -0.462 e. The number of ether oxygens (including phenoxy) is 1. The number of carbonyl (C=O) groups excluding carboxylic acids is 1. The summed E-state index contributed by atoms with van der Waals surface area (Å²) in [4.78, 5) is 20.9. The molecule has 0 aliphatic carbocycles. The van der Waals surface area contributed by atoms with Crippen LogP contribution < -0.4 is 5.32 Å². The van der Waals surface area contributed by atoms with Crippen molar-refractivity contribution in [3.05, 3.63) is 103 Å². The SMILES string of the molecule is CCOC(=O)c1cncc(-c2nnc(NCc3ccccn3)c3c(-c4ccccc4)cccc23)c1. The third-order valence-electron chi connectivity index (χ3n) is 5.58. The molecule has 0 unspecified atom stereocenters. The first-order chi connectivity index (χ1) is 17.2. The number of aromatic nitrogens is 4.